The molecule has 0 unspecified atom stereocenters. The van der Waals surface area contributed by atoms with E-state index in [1.165, 1.54) is 48.5 Å². The van der Waals surface area contributed by atoms with Crippen LogP contribution in [0.3, 0.4) is 0 Å². The second-order valence-corrected chi connectivity index (χ2v) is 16.1. The first kappa shape index (κ1) is 18.7. The van der Waals surface area contributed by atoms with Crippen molar-refractivity contribution in [2.75, 3.05) is 0 Å². The Morgan fingerprint density at radius 1 is 0.609 bits per heavy atom. The van der Waals surface area contributed by atoms with Gasteiger partial charge in [-0.15, -0.1) is 29.3 Å². The summed E-state index contributed by atoms with van der Waals surface area (Å²) in [6.07, 6.45) is -1.01. The predicted octanol–water partition coefficient (Wildman–Crippen LogP) is 15.8. The summed E-state index contributed by atoms with van der Waals surface area (Å²) in [5.74, 6) is -2.55. The van der Waals surface area contributed by atoms with Crippen LogP contribution in [0.15, 0.2) is 133 Å². The fourth-order valence-corrected chi connectivity index (χ4v) is 7.06. The maximum absolute atomic E-state index is 13.0. The second kappa shape index (κ2) is 17.1. The van der Waals surface area contributed by atoms with E-state index in [9.17, 15) is 9.22 Å². The number of imidazole rings is 1. The number of hydrogen-bond acceptors (Lipinski definition) is 3. The number of nitrogens with zero attached hydrogens (tertiary/aromatic N) is 3. The van der Waals surface area contributed by atoms with E-state index in [-0.39, 0.29) is 60.4 Å². The molecule has 0 bridgehead atoms. The summed E-state index contributed by atoms with van der Waals surface area (Å²) in [5, 5.41) is 13.0. The summed E-state index contributed by atoms with van der Waals surface area (Å²) < 4.78 is 324. The molecule has 0 aliphatic carbocycles. The number of para-hydroxylation sites is 1. The van der Waals surface area contributed by atoms with E-state index in [0.717, 1.165) is 4.57 Å². The Labute approximate surface area is 448 Å². The zero-order chi connectivity index (χ0) is 76.3. The molecule has 8 rings (SSSR count). The van der Waals surface area contributed by atoms with Gasteiger partial charge in [0, 0.05) is 79.6 Å². The summed E-state index contributed by atoms with van der Waals surface area (Å²) in [7, 11) is 0. The van der Waals surface area contributed by atoms with E-state index in [0.29, 0.717) is 17.2 Å². The first-order chi connectivity index (χ1) is 45.0. The van der Waals surface area contributed by atoms with Crippen LogP contribution in [0.2, 0.25) is 0 Å². The van der Waals surface area contributed by atoms with E-state index in [4.69, 9.17) is 51.6 Å². The third-order valence-corrected chi connectivity index (χ3v) is 10.3. The summed E-state index contributed by atoms with van der Waals surface area (Å²) in [6, 6.07) is 15.0. The van der Waals surface area contributed by atoms with E-state index >= 15 is 0 Å². The van der Waals surface area contributed by atoms with Crippen LogP contribution in [0, 0.1) is 12.9 Å². The van der Waals surface area contributed by atoms with Crippen molar-refractivity contribution in [1.29, 1.82) is 0 Å². The Hall–Kier alpha value is -5.57. The second-order valence-electron chi connectivity index (χ2n) is 16.1. The van der Waals surface area contributed by atoms with Gasteiger partial charge in [-0.05, 0) is 97.8 Å². The van der Waals surface area contributed by atoms with Gasteiger partial charge in [-0.3, -0.25) is 9.55 Å². The van der Waals surface area contributed by atoms with Crippen LogP contribution < -0.4 is 0 Å². The SMILES string of the molecule is [2H]c1nc(-c2[c-]c(-c3cccc4c3nc(-c3cc(C(C([2H])([2H])[2H])(C([2H])([2H])[2H])C([2H])([2H])[2H])cc(C(C([2H])([2H])[2H])(C([2H])([2H])[2H])C([2H])([2H])[2H])c3O)n4-c3ccc(-c4ccccc4)cc3C([2H])([2H])[2H])cc(C(C)(C)C)c2)c([2H])c(-c2c([2H])c([2H])c(C(C([2H])([2H])[2H])(C([2H])([2H])[2H])C([2H])([2H])[2H])c([2H])c2[2H])c1[2H].[Pt]. The van der Waals surface area contributed by atoms with Gasteiger partial charge in [0.25, 0.3) is 0 Å². The van der Waals surface area contributed by atoms with E-state index in [1.54, 1.807) is 51.1 Å². The maximum Gasteiger partial charge on any atom is 0.148 e. The number of aryl methyl sites for hydroxylation is 1. The van der Waals surface area contributed by atoms with Crippen molar-refractivity contribution in [3.05, 3.63) is 167 Å². The van der Waals surface area contributed by atoms with Gasteiger partial charge in [0.05, 0.1) is 31.9 Å². The number of hydrogen-bond donors (Lipinski definition) is 1. The zero-order valence-electron chi connectivity index (χ0n) is 71.3. The van der Waals surface area contributed by atoms with Crippen molar-refractivity contribution in [1.82, 2.24) is 14.5 Å². The minimum Gasteiger partial charge on any atom is -0.507 e. The molecule has 5 heteroatoms. The van der Waals surface area contributed by atoms with Crippen LogP contribution in [-0.2, 0) is 42.7 Å². The molecule has 0 aliphatic rings. The predicted molar refractivity (Wildman–Crippen MR) is 266 cm³/mol. The summed E-state index contributed by atoms with van der Waals surface area (Å²) in [5.41, 5.74) is -23.1. The number of aromatic nitrogens is 3. The minimum absolute atomic E-state index is 0. The molecule has 0 amide bonds. The Balaban J connectivity index is 0.0000143. The van der Waals surface area contributed by atoms with Crippen LogP contribution in [0.4, 0.5) is 0 Å². The van der Waals surface area contributed by atoms with Crippen LogP contribution in [-0.4, -0.2) is 19.6 Å². The quantitative estimate of drug-likeness (QED) is 0.169. The van der Waals surface area contributed by atoms with Crippen LogP contribution in [0.5, 0.6) is 5.75 Å². The molecule has 0 spiro atoms. The molecule has 4 nitrogen and oxygen atoms in total. The van der Waals surface area contributed by atoms with Crippen molar-refractivity contribution in [2.45, 2.75) is 111 Å². The van der Waals surface area contributed by atoms with Gasteiger partial charge in [0.15, 0.2) is 0 Å². The topological polar surface area (TPSA) is 50.9 Å². The van der Waals surface area contributed by atoms with E-state index in [1.807, 2.05) is 0 Å². The Morgan fingerprint density at radius 2 is 1.30 bits per heavy atom. The third-order valence-electron chi connectivity index (χ3n) is 10.3. The summed E-state index contributed by atoms with van der Waals surface area (Å²) >= 11 is 0. The van der Waals surface area contributed by atoms with Gasteiger partial charge in [0.2, 0.25) is 0 Å². The first-order valence-corrected chi connectivity index (χ1v) is 19.2. The molecule has 0 atom stereocenters. The number of rotatable bonds is 6. The molecule has 6 aromatic carbocycles. The largest absolute Gasteiger partial charge is 0.507 e. The maximum atomic E-state index is 13.0. The molecular weight excluding hydrogens is 962 g/mol. The van der Waals surface area contributed by atoms with Crippen LogP contribution >= 0.6 is 0 Å². The van der Waals surface area contributed by atoms with Gasteiger partial charge < -0.3 is 5.11 Å². The van der Waals surface area contributed by atoms with Gasteiger partial charge in [0.1, 0.15) is 11.6 Å². The zero-order valence-corrected chi connectivity index (χ0v) is 36.5. The van der Waals surface area contributed by atoms with Crippen LogP contribution in [0.1, 0.15) is 161 Å². The van der Waals surface area contributed by atoms with Gasteiger partial charge in [-0.25, -0.2) is 4.98 Å². The Kier molecular flexibility index (Phi) is 5.00. The molecule has 2 heterocycles. The smallest absolute Gasteiger partial charge is 0.148 e. The molecule has 330 valence electrons. The minimum atomic E-state index is -4.39. The molecule has 64 heavy (non-hydrogen) atoms. The number of pyridine rings is 1. The van der Waals surface area contributed by atoms with E-state index in [2.05, 4.69) is 11.1 Å². The first-order valence-electron chi connectivity index (χ1n) is 37.7. The molecule has 0 saturated heterocycles. The summed E-state index contributed by atoms with van der Waals surface area (Å²) in [4.78, 5) is 9.10. The number of phenols is 1. The van der Waals surface area contributed by atoms with Crippen molar-refractivity contribution >= 4 is 11.0 Å². The van der Waals surface area contributed by atoms with Crippen LogP contribution in [0.25, 0.3) is 72.7 Å². The Morgan fingerprint density at radius 3 is 1.98 bits per heavy atom. The molecule has 1 N–H and O–H groups in total. The number of aromatic hydroxyl groups is 1. The molecule has 0 aliphatic heterocycles. The van der Waals surface area contributed by atoms with Gasteiger partial charge in [-0.2, -0.15) is 0 Å². The van der Waals surface area contributed by atoms with Crippen molar-refractivity contribution in [3.63, 3.8) is 0 Å². The molecule has 0 saturated carbocycles. The average Bonchev–Trinajstić information content (AvgIpc) is 0.862. The molecule has 0 fully saturated rings. The standard InChI is InChI=1S/C59H62N3O.Pt/c1-37-30-40(38-18-15-14-16-19-38)24-27-51(37)62-52-21-17-20-47(53(52)61-55(62)48-35-46(58(8,9)10)36-49(54(48)63)59(11,12)13)42-31-43(33-45(32-42)57(5,6)7)50-34-41(28-29-60-50)39-22-25-44(26-23-39)56(2,3)4;/h14-30,32-36,63H,1-13H3;/q-1;/i1D3,2D3,3D3,4D3,8D3,9D3,10D3,11D3,12D3,13D3,22D,23D,25D,26D,28D,29D,34D;. The van der Waals surface area contributed by atoms with Crippen molar-refractivity contribution in [3.8, 4) is 67.5 Å². The fourth-order valence-electron chi connectivity index (χ4n) is 7.06. The van der Waals surface area contributed by atoms with Crippen molar-refractivity contribution < 1.29 is 76.9 Å². The van der Waals surface area contributed by atoms with Gasteiger partial charge in [-0.1, -0.05) is 178 Å². The molecular formula is C59H62N3OPt-. The van der Waals surface area contributed by atoms with Crippen molar-refractivity contribution in [2.24, 2.45) is 0 Å². The normalized spacial score (nSPS) is 22.8. The monoisotopic (exact) mass is 1060 g/mol. The number of phenolic OH excluding ortho intramolecular Hbond substituents is 1. The van der Waals surface area contributed by atoms with E-state index < -0.39 is 195 Å². The third kappa shape index (κ3) is 9.18. The Bertz CT molecular complexity index is 4390. The number of benzene rings is 6. The molecule has 0 radical (unpaired) electrons. The summed E-state index contributed by atoms with van der Waals surface area (Å²) in [6.45, 7) is -36.1. The molecule has 8 aromatic rings. The fraction of sp³-hybridized carbons (Fsp3) is 0.288. The number of fused-ring (bicyclic) bond motifs is 1. The average molecular weight is 1060 g/mol. The molecule has 2 aromatic heterocycles. The van der Waals surface area contributed by atoms with Gasteiger partial charge >= 0.3 is 0 Å².